The lowest BCUT2D eigenvalue weighted by Crippen LogP contribution is -2.06. The van der Waals surface area contributed by atoms with Crippen molar-refractivity contribution in [2.45, 2.75) is 36.9 Å². The average Bonchev–Trinajstić information content (AvgIpc) is 2.39. The second kappa shape index (κ2) is 7.04. The molecule has 2 heterocycles. The second-order valence-electron chi connectivity index (χ2n) is 4.13. The van der Waals surface area contributed by atoms with Gasteiger partial charge in [0.2, 0.25) is 0 Å². The van der Waals surface area contributed by atoms with Gasteiger partial charge in [-0.05, 0) is 25.1 Å². The molecule has 0 spiro atoms. The lowest BCUT2D eigenvalue weighted by atomic mass is 10.3. The molecule has 7 heteroatoms. The number of nitrogens with zero attached hydrogens (tertiary/aromatic N) is 3. The first-order chi connectivity index (χ1) is 9.71. The zero-order valence-electron chi connectivity index (χ0n) is 11.5. The highest BCUT2D eigenvalue weighted by Gasteiger charge is 2.07. The summed E-state index contributed by atoms with van der Waals surface area (Å²) in [6.45, 7) is 4.91. The van der Waals surface area contributed by atoms with Gasteiger partial charge in [-0.25, -0.2) is 15.0 Å². The number of rotatable bonds is 6. The largest absolute Gasteiger partial charge is 0.370 e. The van der Waals surface area contributed by atoms with Crippen LogP contribution < -0.4 is 10.9 Å². The van der Waals surface area contributed by atoms with Crippen LogP contribution in [0.1, 0.15) is 26.1 Å². The van der Waals surface area contributed by atoms with Gasteiger partial charge in [-0.2, -0.15) is 0 Å². The van der Waals surface area contributed by atoms with Crippen LogP contribution in [0, 0.1) is 0 Å². The first-order valence-electron chi connectivity index (χ1n) is 6.56. The van der Waals surface area contributed by atoms with Crippen LogP contribution in [0.2, 0.25) is 0 Å². The third-order valence-corrected chi connectivity index (χ3v) is 3.25. The summed E-state index contributed by atoms with van der Waals surface area (Å²) in [5.41, 5.74) is -0.169. The van der Waals surface area contributed by atoms with Gasteiger partial charge < -0.3 is 10.3 Å². The predicted octanol–water partition coefficient (Wildman–Crippen LogP) is 2.10. The van der Waals surface area contributed by atoms with Crippen molar-refractivity contribution < 1.29 is 0 Å². The van der Waals surface area contributed by atoms with E-state index in [9.17, 15) is 4.79 Å². The molecule has 0 aromatic carbocycles. The average molecular weight is 291 g/mol. The van der Waals surface area contributed by atoms with Crippen molar-refractivity contribution in [1.29, 1.82) is 0 Å². The highest BCUT2D eigenvalue weighted by atomic mass is 32.2. The standard InChI is InChI=1S/C13H17N5OS/c1-3-5-9-16-10(14-4-2)8-12(17-9)20-13-15-7-6-11(19)18-13/h6-8H,3-5H2,1-2H3,(H,14,16,17)(H,15,18,19). The van der Waals surface area contributed by atoms with Gasteiger partial charge in [0.05, 0.1) is 0 Å². The van der Waals surface area contributed by atoms with Crippen LogP contribution in [0.5, 0.6) is 0 Å². The Kier molecular flexibility index (Phi) is 5.11. The molecule has 0 bridgehead atoms. The van der Waals surface area contributed by atoms with E-state index in [4.69, 9.17) is 0 Å². The van der Waals surface area contributed by atoms with Gasteiger partial charge in [-0.15, -0.1) is 0 Å². The molecule has 0 atom stereocenters. The maximum absolute atomic E-state index is 11.3. The lowest BCUT2D eigenvalue weighted by Gasteiger charge is -2.07. The van der Waals surface area contributed by atoms with Crippen LogP contribution >= 0.6 is 11.8 Å². The quantitative estimate of drug-likeness (QED) is 0.626. The number of aromatic nitrogens is 4. The summed E-state index contributed by atoms with van der Waals surface area (Å²) >= 11 is 1.32. The zero-order chi connectivity index (χ0) is 14.4. The van der Waals surface area contributed by atoms with E-state index in [1.807, 2.05) is 13.0 Å². The molecule has 0 aliphatic carbocycles. The Labute approximate surface area is 121 Å². The van der Waals surface area contributed by atoms with Crippen LogP contribution in [0.3, 0.4) is 0 Å². The fourth-order valence-electron chi connectivity index (χ4n) is 1.64. The van der Waals surface area contributed by atoms with Gasteiger partial charge in [0.15, 0.2) is 5.16 Å². The van der Waals surface area contributed by atoms with Gasteiger partial charge in [0.25, 0.3) is 5.56 Å². The van der Waals surface area contributed by atoms with E-state index in [0.29, 0.717) is 5.16 Å². The maximum atomic E-state index is 11.3. The molecule has 0 saturated heterocycles. The molecule has 2 N–H and O–H groups in total. The number of H-pyrrole nitrogens is 1. The second-order valence-corrected chi connectivity index (χ2v) is 5.14. The molecule has 2 aromatic rings. The molecule has 2 rings (SSSR count). The minimum atomic E-state index is -0.169. The Morgan fingerprint density at radius 2 is 2.20 bits per heavy atom. The molecular weight excluding hydrogens is 274 g/mol. The summed E-state index contributed by atoms with van der Waals surface area (Å²) < 4.78 is 0. The molecule has 0 aliphatic heterocycles. The molecule has 2 aromatic heterocycles. The van der Waals surface area contributed by atoms with Crippen LogP contribution in [-0.4, -0.2) is 26.5 Å². The molecule has 0 fully saturated rings. The van der Waals surface area contributed by atoms with Crippen LogP contribution in [0.15, 0.2) is 33.3 Å². The maximum Gasteiger partial charge on any atom is 0.251 e. The van der Waals surface area contributed by atoms with E-state index in [1.165, 1.54) is 24.0 Å². The summed E-state index contributed by atoms with van der Waals surface area (Å²) in [4.78, 5) is 27.0. The Bertz CT molecular complexity index is 604. The first-order valence-corrected chi connectivity index (χ1v) is 7.38. The van der Waals surface area contributed by atoms with Crippen molar-refractivity contribution in [1.82, 2.24) is 19.9 Å². The normalized spacial score (nSPS) is 10.5. The summed E-state index contributed by atoms with van der Waals surface area (Å²) in [5, 5.41) is 4.49. The van der Waals surface area contributed by atoms with Gasteiger partial charge in [-0.3, -0.25) is 4.79 Å². The fraction of sp³-hybridized carbons (Fsp3) is 0.385. The molecule has 106 valence electrons. The van der Waals surface area contributed by atoms with Crippen LogP contribution in [0.25, 0.3) is 0 Å². The number of hydrogen-bond donors (Lipinski definition) is 2. The smallest absolute Gasteiger partial charge is 0.251 e. The fourth-order valence-corrected chi connectivity index (χ4v) is 2.42. The monoisotopic (exact) mass is 291 g/mol. The van der Waals surface area contributed by atoms with Gasteiger partial charge in [0.1, 0.15) is 16.7 Å². The summed E-state index contributed by atoms with van der Waals surface area (Å²) in [6.07, 6.45) is 3.30. The highest BCUT2D eigenvalue weighted by Crippen LogP contribution is 2.23. The number of anilines is 1. The molecular formula is C13H17N5OS. The van der Waals surface area contributed by atoms with Gasteiger partial charge >= 0.3 is 0 Å². The van der Waals surface area contributed by atoms with Crippen molar-refractivity contribution in [2.75, 3.05) is 11.9 Å². The SMILES string of the molecule is CCCc1nc(NCC)cc(Sc2nccc(=O)[nH]2)n1. The Morgan fingerprint density at radius 3 is 2.90 bits per heavy atom. The number of aromatic amines is 1. The summed E-state index contributed by atoms with van der Waals surface area (Å²) in [7, 11) is 0. The predicted molar refractivity (Wildman–Crippen MR) is 79.2 cm³/mol. The summed E-state index contributed by atoms with van der Waals surface area (Å²) in [5.74, 6) is 1.60. The molecule has 0 aliphatic rings. The summed E-state index contributed by atoms with van der Waals surface area (Å²) in [6, 6.07) is 3.25. The molecule has 20 heavy (non-hydrogen) atoms. The van der Waals surface area contributed by atoms with Crippen molar-refractivity contribution in [3.05, 3.63) is 34.5 Å². The lowest BCUT2D eigenvalue weighted by molar-refractivity contribution is 0.808. The molecule has 0 unspecified atom stereocenters. The third kappa shape index (κ3) is 4.06. The van der Waals surface area contributed by atoms with E-state index in [0.717, 1.165) is 36.1 Å². The van der Waals surface area contributed by atoms with Crippen molar-refractivity contribution >= 4 is 17.6 Å². The molecule has 0 saturated carbocycles. The zero-order valence-corrected chi connectivity index (χ0v) is 12.3. The minimum absolute atomic E-state index is 0.169. The number of aryl methyl sites for hydroxylation is 1. The van der Waals surface area contributed by atoms with Crippen molar-refractivity contribution in [2.24, 2.45) is 0 Å². The van der Waals surface area contributed by atoms with E-state index in [1.54, 1.807) is 0 Å². The van der Waals surface area contributed by atoms with E-state index < -0.39 is 0 Å². The topological polar surface area (TPSA) is 83.6 Å². The molecule has 0 radical (unpaired) electrons. The Balaban J connectivity index is 2.27. The molecule has 0 amide bonds. The van der Waals surface area contributed by atoms with E-state index in [2.05, 4.69) is 32.2 Å². The van der Waals surface area contributed by atoms with Crippen molar-refractivity contribution in [3.63, 3.8) is 0 Å². The minimum Gasteiger partial charge on any atom is -0.370 e. The van der Waals surface area contributed by atoms with Crippen LogP contribution in [-0.2, 0) is 6.42 Å². The highest BCUT2D eigenvalue weighted by molar-refractivity contribution is 7.99. The van der Waals surface area contributed by atoms with Crippen LogP contribution in [0.4, 0.5) is 5.82 Å². The van der Waals surface area contributed by atoms with Gasteiger partial charge in [0, 0.05) is 31.3 Å². The number of hydrogen-bond acceptors (Lipinski definition) is 6. The van der Waals surface area contributed by atoms with E-state index in [-0.39, 0.29) is 5.56 Å². The molecule has 6 nitrogen and oxygen atoms in total. The third-order valence-electron chi connectivity index (χ3n) is 2.43. The Hall–Kier alpha value is -1.89. The Morgan fingerprint density at radius 1 is 1.35 bits per heavy atom. The van der Waals surface area contributed by atoms with E-state index >= 15 is 0 Å². The first kappa shape index (κ1) is 14.5. The van der Waals surface area contributed by atoms with Crippen molar-refractivity contribution in [3.8, 4) is 0 Å². The van der Waals surface area contributed by atoms with Gasteiger partial charge in [-0.1, -0.05) is 6.92 Å². The number of nitrogens with one attached hydrogen (secondary N) is 2.